The van der Waals surface area contributed by atoms with E-state index in [1.807, 2.05) is 13.8 Å². The Hall–Kier alpha value is -3.47. The lowest BCUT2D eigenvalue weighted by Crippen LogP contribution is -2.45. The Kier molecular flexibility index (Phi) is 21.8. The van der Waals surface area contributed by atoms with E-state index < -0.39 is 18.0 Å². The number of urea groups is 1. The third kappa shape index (κ3) is 19.7. The van der Waals surface area contributed by atoms with Crippen LogP contribution in [0.4, 0.5) is 4.79 Å². The lowest BCUT2D eigenvalue weighted by Gasteiger charge is -2.23. The van der Waals surface area contributed by atoms with Crippen LogP contribution in [-0.2, 0) is 47.7 Å². The van der Waals surface area contributed by atoms with Gasteiger partial charge in [0.05, 0.1) is 58.9 Å². The van der Waals surface area contributed by atoms with Crippen molar-refractivity contribution >= 4 is 41.2 Å². The van der Waals surface area contributed by atoms with Gasteiger partial charge in [-0.15, -0.1) is 0 Å². The minimum Gasteiger partial charge on any atom is -0.379 e. The number of carbonyl (C=O) groups excluding carboxylic acids is 7. The van der Waals surface area contributed by atoms with Crippen LogP contribution >= 0.6 is 0 Å². The average molecular weight is 672 g/mol. The fraction of sp³-hybridized carbons (Fsp3) is 0.774. The van der Waals surface area contributed by atoms with Gasteiger partial charge in [-0.2, -0.15) is 0 Å². The molecule has 1 aliphatic rings. The van der Waals surface area contributed by atoms with Crippen LogP contribution in [0.1, 0.15) is 65.7 Å². The Bertz CT molecular complexity index is 1010. The molecule has 0 aromatic heterocycles. The standard InChI is InChI=1S/C31H53N5O11/c1-22(2)30(25(38)21-24(23(3)37)5-4-10-34-31(32)43)35-27(40)9-13-44-15-17-46-19-20-47-18-16-45-14-11-33-26(39)8-12-36-28(41)6-7-29(36)42/h22,24,30H,4-21H2,1-3H3,(H,33,39)(H,35,40)(H3,32,34,43)/t24-,30+/m1/s1. The van der Waals surface area contributed by atoms with E-state index in [-0.39, 0.29) is 93.0 Å². The van der Waals surface area contributed by atoms with Gasteiger partial charge in [-0.3, -0.25) is 33.7 Å². The maximum atomic E-state index is 12.9. The zero-order chi connectivity index (χ0) is 35.0. The molecule has 1 fully saturated rings. The molecule has 16 nitrogen and oxygen atoms in total. The number of nitrogens with zero attached hydrogens (tertiary/aromatic N) is 1. The smallest absolute Gasteiger partial charge is 0.312 e. The van der Waals surface area contributed by atoms with E-state index in [1.54, 1.807) is 0 Å². The van der Waals surface area contributed by atoms with E-state index >= 15 is 0 Å². The van der Waals surface area contributed by atoms with Gasteiger partial charge in [0.15, 0.2) is 5.78 Å². The molecule has 0 radical (unpaired) electrons. The first-order valence-corrected chi connectivity index (χ1v) is 16.2. The predicted octanol–water partition coefficient (Wildman–Crippen LogP) is -0.148. The zero-order valence-electron chi connectivity index (χ0n) is 28.0. The number of nitrogens with one attached hydrogen (secondary N) is 3. The predicted molar refractivity (Wildman–Crippen MR) is 169 cm³/mol. The van der Waals surface area contributed by atoms with Crippen molar-refractivity contribution in [1.29, 1.82) is 0 Å². The van der Waals surface area contributed by atoms with E-state index in [4.69, 9.17) is 24.7 Å². The number of ketones is 2. The maximum Gasteiger partial charge on any atom is 0.312 e. The number of hydrogen-bond acceptors (Lipinski definition) is 11. The molecule has 1 heterocycles. The summed E-state index contributed by atoms with van der Waals surface area (Å²) in [6, 6.07) is -1.37. The third-order valence-corrected chi connectivity index (χ3v) is 7.26. The quantitative estimate of drug-likeness (QED) is 0.0633. The Morgan fingerprint density at radius 1 is 0.766 bits per heavy atom. The van der Waals surface area contributed by atoms with Crippen molar-refractivity contribution in [2.24, 2.45) is 17.6 Å². The number of carbonyl (C=O) groups is 7. The summed E-state index contributed by atoms with van der Waals surface area (Å²) < 4.78 is 21.7. The highest BCUT2D eigenvalue weighted by molar-refractivity contribution is 6.02. The Morgan fingerprint density at radius 2 is 1.32 bits per heavy atom. The lowest BCUT2D eigenvalue weighted by atomic mass is 9.88. The molecule has 0 saturated carbocycles. The van der Waals surface area contributed by atoms with Crippen molar-refractivity contribution in [3.05, 3.63) is 0 Å². The molecule has 268 valence electrons. The largest absolute Gasteiger partial charge is 0.379 e. The summed E-state index contributed by atoms with van der Waals surface area (Å²) in [7, 11) is 0. The fourth-order valence-corrected chi connectivity index (χ4v) is 4.61. The van der Waals surface area contributed by atoms with Crippen LogP contribution in [0, 0.1) is 11.8 Å². The van der Waals surface area contributed by atoms with Crippen LogP contribution in [0.15, 0.2) is 0 Å². The van der Waals surface area contributed by atoms with Crippen molar-refractivity contribution < 1.29 is 52.5 Å². The summed E-state index contributed by atoms with van der Waals surface area (Å²) in [5.41, 5.74) is 5.04. The number of primary amides is 1. The van der Waals surface area contributed by atoms with Crippen LogP contribution in [0.3, 0.4) is 0 Å². The molecule has 0 aromatic carbocycles. The van der Waals surface area contributed by atoms with E-state index in [1.165, 1.54) is 6.92 Å². The summed E-state index contributed by atoms with van der Waals surface area (Å²) in [5.74, 6) is -2.05. The number of nitrogens with two attached hydrogens (primary N) is 1. The van der Waals surface area contributed by atoms with Gasteiger partial charge in [0.1, 0.15) is 5.78 Å². The molecule has 0 aromatic rings. The van der Waals surface area contributed by atoms with E-state index in [2.05, 4.69) is 16.0 Å². The monoisotopic (exact) mass is 671 g/mol. The molecule has 1 saturated heterocycles. The summed E-state index contributed by atoms with van der Waals surface area (Å²) in [5, 5.41) is 7.89. The number of likely N-dealkylation sites (tertiary alicyclic amines) is 1. The molecule has 1 rings (SSSR count). The maximum absolute atomic E-state index is 12.9. The van der Waals surface area contributed by atoms with E-state index in [0.717, 1.165) is 4.90 Å². The molecule has 0 aliphatic carbocycles. The van der Waals surface area contributed by atoms with Gasteiger partial charge >= 0.3 is 6.03 Å². The Balaban J connectivity index is 2.03. The summed E-state index contributed by atoms with van der Waals surface area (Å²) >= 11 is 0. The van der Waals surface area contributed by atoms with E-state index in [9.17, 15) is 33.6 Å². The number of amides is 6. The van der Waals surface area contributed by atoms with Crippen LogP contribution in [-0.4, -0.2) is 125 Å². The normalized spacial score (nSPS) is 14.3. The van der Waals surface area contributed by atoms with Crippen molar-refractivity contribution in [3.63, 3.8) is 0 Å². The minimum absolute atomic E-state index is 0.00936. The molecule has 47 heavy (non-hydrogen) atoms. The molecule has 16 heteroatoms. The highest BCUT2D eigenvalue weighted by Gasteiger charge is 2.29. The number of hydrogen-bond donors (Lipinski definition) is 4. The van der Waals surface area contributed by atoms with Gasteiger partial charge in [-0.1, -0.05) is 13.8 Å². The van der Waals surface area contributed by atoms with Gasteiger partial charge in [0.25, 0.3) is 0 Å². The minimum atomic E-state index is -0.722. The number of rotatable bonds is 28. The fourth-order valence-electron chi connectivity index (χ4n) is 4.61. The molecule has 0 bridgehead atoms. The average Bonchev–Trinajstić information content (AvgIpc) is 3.33. The second kappa shape index (κ2) is 24.7. The number of Topliss-reactive ketones (excluding diaryl/α,β-unsaturated/α-hetero) is 2. The van der Waals surface area contributed by atoms with Gasteiger partial charge in [-0.05, 0) is 25.7 Å². The highest BCUT2D eigenvalue weighted by Crippen LogP contribution is 2.17. The first-order chi connectivity index (χ1) is 22.4. The van der Waals surface area contributed by atoms with Gasteiger partial charge in [-0.25, -0.2) is 4.79 Å². The van der Waals surface area contributed by atoms with Crippen LogP contribution in [0.5, 0.6) is 0 Å². The summed E-state index contributed by atoms with van der Waals surface area (Å²) in [4.78, 5) is 84.2. The molecule has 1 aliphatic heterocycles. The van der Waals surface area contributed by atoms with Gasteiger partial charge in [0.2, 0.25) is 23.6 Å². The van der Waals surface area contributed by atoms with Crippen LogP contribution < -0.4 is 21.7 Å². The van der Waals surface area contributed by atoms with Crippen molar-refractivity contribution in [1.82, 2.24) is 20.9 Å². The lowest BCUT2D eigenvalue weighted by molar-refractivity contribution is -0.138. The van der Waals surface area contributed by atoms with E-state index in [0.29, 0.717) is 65.6 Å². The third-order valence-electron chi connectivity index (χ3n) is 7.26. The zero-order valence-corrected chi connectivity index (χ0v) is 28.0. The number of imide groups is 1. The SMILES string of the molecule is CC(=O)[C@H](CCCNC(N)=O)CC(=O)[C@@H](NC(=O)CCOCCOCCOCCOCCNC(=O)CCN1C(=O)CCC1=O)C(C)C. The second-order valence-corrected chi connectivity index (χ2v) is 11.4. The van der Waals surface area contributed by atoms with Gasteiger partial charge < -0.3 is 40.6 Å². The van der Waals surface area contributed by atoms with Crippen molar-refractivity contribution in [2.45, 2.75) is 71.8 Å². The molecule has 2 atom stereocenters. The molecular formula is C31H53N5O11. The van der Waals surface area contributed by atoms with Gasteiger partial charge in [0, 0.05) is 57.7 Å². The molecule has 0 unspecified atom stereocenters. The summed E-state index contributed by atoms with van der Waals surface area (Å²) in [6.45, 7) is 8.26. The Labute approximate surface area is 276 Å². The Morgan fingerprint density at radius 3 is 1.85 bits per heavy atom. The van der Waals surface area contributed by atoms with Crippen LogP contribution in [0.25, 0.3) is 0 Å². The van der Waals surface area contributed by atoms with Crippen molar-refractivity contribution in [2.75, 3.05) is 72.5 Å². The highest BCUT2D eigenvalue weighted by atomic mass is 16.6. The summed E-state index contributed by atoms with van der Waals surface area (Å²) in [6.07, 6.45) is 1.49. The second-order valence-electron chi connectivity index (χ2n) is 11.4. The van der Waals surface area contributed by atoms with Crippen LogP contribution in [0.2, 0.25) is 0 Å². The molecular weight excluding hydrogens is 618 g/mol. The first-order valence-electron chi connectivity index (χ1n) is 16.2. The molecule has 5 N–H and O–H groups in total. The number of ether oxygens (including phenoxy) is 4. The molecule has 0 spiro atoms. The molecule has 6 amide bonds. The topological polar surface area (TPSA) is 222 Å². The first kappa shape index (κ1) is 41.6. The van der Waals surface area contributed by atoms with Crippen molar-refractivity contribution in [3.8, 4) is 0 Å².